The number of carbonyl (C=O) groups excluding carboxylic acids is 1. The van der Waals surface area contributed by atoms with Gasteiger partial charge in [-0.3, -0.25) is 4.79 Å². The van der Waals surface area contributed by atoms with Crippen LogP contribution in [0.3, 0.4) is 0 Å². The smallest absolute Gasteiger partial charge is 0.241 e. The quantitative estimate of drug-likeness (QED) is 0.495. The second-order valence-corrected chi connectivity index (χ2v) is 3.81. The van der Waals surface area contributed by atoms with Gasteiger partial charge < -0.3 is 15.6 Å². The van der Waals surface area contributed by atoms with Gasteiger partial charge in [0, 0.05) is 26.1 Å². The van der Waals surface area contributed by atoms with Gasteiger partial charge in [0.1, 0.15) is 17.5 Å². The van der Waals surface area contributed by atoms with Crippen molar-refractivity contribution in [2.24, 2.45) is 5.84 Å². The van der Waals surface area contributed by atoms with E-state index in [4.69, 9.17) is 5.84 Å². The number of hydrazine groups is 1. The minimum absolute atomic E-state index is 0.0106. The molecule has 0 aromatic carbocycles. The summed E-state index contributed by atoms with van der Waals surface area (Å²) >= 11 is 0. The van der Waals surface area contributed by atoms with E-state index < -0.39 is 0 Å². The number of amides is 1. The van der Waals surface area contributed by atoms with Crippen LogP contribution in [0.4, 0.5) is 11.6 Å². The van der Waals surface area contributed by atoms with Gasteiger partial charge in [0.15, 0.2) is 0 Å². The summed E-state index contributed by atoms with van der Waals surface area (Å²) in [5.74, 6) is 7.12. The second-order valence-electron chi connectivity index (χ2n) is 3.81. The monoisotopic (exact) mass is 252 g/mol. The molecule has 1 aromatic rings. The van der Waals surface area contributed by atoms with E-state index in [-0.39, 0.29) is 12.5 Å². The summed E-state index contributed by atoms with van der Waals surface area (Å²) in [5.41, 5.74) is 2.48. The van der Waals surface area contributed by atoms with Crippen molar-refractivity contribution in [3.63, 3.8) is 0 Å². The first-order chi connectivity index (χ1) is 8.60. The Morgan fingerprint density at radius 3 is 2.61 bits per heavy atom. The van der Waals surface area contributed by atoms with E-state index in [1.807, 2.05) is 13.8 Å². The maximum absolute atomic E-state index is 11.6. The van der Waals surface area contributed by atoms with Crippen molar-refractivity contribution in [3.8, 4) is 0 Å². The van der Waals surface area contributed by atoms with Gasteiger partial charge in [-0.2, -0.15) is 0 Å². The Morgan fingerprint density at radius 1 is 1.39 bits per heavy atom. The van der Waals surface area contributed by atoms with Crippen molar-refractivity contribution in [1.29, 1.82) is 0 Å². The van der Waals surface area contributed by atoms with E-state index in [0.29, 0.717) is 30.4 Å². The Hall–Kier alpha value is -1.89. The van der Waals surface area contributed by atoms with Crippen molar-refractivity contribution < 1.29 is 4.79 Å². The summed E-state index contributed by atoms with van der Waals surface area (Å²) in [6.45, 7) is 4.76. The average Bonchev–Trinajstić information content (AvgIpc) is 2.43. The fourth-order valence-corrected chi connectivity index (χ4v) is 1.30. The lowest BCUT2D eigenvalue weighted by molar-refractivity contribution is -0.127. The molecule has 0 spiro atoms. The lowest BCUT2D eigenvalue weighted by Gasteiger charge is -2.15. The number of anilines is 2. The number of likely N-dealkylation sites (N-methyl/N-ethyl adjacent to an activating group) is 1. The van der Waals surface area contributed by atoms with Crippen LogP contribution in [0.5, 0.6) is 0 Å². The van der Waals surface area contributed by atoms with Crippen LogP contribution in [0.2, 0.25) is 0 Å². The molecule has 4 N–H and O–H groups in total. The number of nitrogen functional groups attached to an aromatic ring is 1. The molecule has 0 fully saturated rings. The lowest BCUT2D eigenvalue weighted by Crippen LogP contribution is -2.32. The Bertz CT molecular complexity index is 386. The van der Waals surface area contributed by atoms with Crippen LogP contribution in [0.15, 0.2) is 6.07 Å². The first-order valence-corrected chi connectivity index (χ1v) is 5.93. The maximum Gasteiger partial charge on any atom is 0.241 e. The molecule has 100 valence electrons. The summed E-state index contributed by atoms with van der Waals surface area (Å²) in [6.07, 6.45) is 0.701. The fraction of sp³-hybridized carbons (Fsp3) is 0.545. The molecule has 18 heavy (non-hydrogen) atoms. The van der Waals surface area contributed by atoms with E-state index in [2.05, 4.69) is 20.7 Å². The lowest BCUT2D eigenvalue weighted by atomic mass is 10.4. The number of hydrogen-bond acceptors (Lipinski definition) is 6. The minimum Gasteiger partial charge on any atom is -0.361 e. The first-order valence-electron chi connectivity index (χ1n) is 5.93. The Balaban J connectivity index is 2.69. The zero-order valence-corrected chi connectivity index (χ0v) is 11.0. The molecule has 0 saturated heterocycles. The van der Waals surface area contributed by atoms with Gasteiger partial charge in [0.05, 0.1) is 6.54 Å². The van der Waals surface area contributed by atoms with Gasteiger partial charge in [-0.25, -0.2) is 15.8 Å². The van der Waals surface area contributed by atoms with Crippen LogP contribution in [-0.4, -0.2) is 40.9 Å². The molecule has 0 aliphatic rings. The number of carbonyl (C=O) groups is 1. The van der Waals surface area contributed by atoms with Crippen LogP contribution >= 0.6 is 0 Å². The number of rotatable bonds is 6. The average molecular weight is 252 g/mol. The predicted octanol–water partition coefficient (Wildman–Crippen LogP) is 0.215. The molecule has 0 radical (unpaired) electrons. The van der Waals surface area contributed by atoms with Crippen molar-refractivity contribution in [3.05, 3.63) is 11.9 Å². The van der Waals surface area contributed by atoms with Gasteiger partial charge >= 0.3 is 0 Å². The number of nitrogens with two attached hydrogens (primary N) is 1. The summed E-state index contributed by atoms with van der Waals surface area (Å²) in [7, 11) is 1.76. The maximum atomic E-state index is 11.6. The van der Waals surface area contributed by atoms with Gasteiger partial charge in [-0.15, -0.1) is 0 Å². The topological polar surface area (TPSA) is 96.2 Å². The molecule has 7 heteroatoms. The molecule has 1 amide bonds. The molecule has 0 atom stereocenters. The third-order valence-corrected chi connectivity index (χ3v) is 2.56. The molecule has 1 aromatic heterocycles. The van der Waals surface area contributed by atoms with Crippen LogP contribution in [0.25, 0.3) is 0 Å². The van der Waals surface area contributed by atoms with Crippen molar-refractivity contribution >= 4 is 17.5 Å². The highest BCUT2D eigenvalue weighted by Crippen LogP contribution is 2.10. The number of aryl methyl sites for hydroxylation is 1. The number of aromatic nitrogens is 2. The van der Waals surface area contributed by atoms with Crippen LogP contribution in [-0.2, 0) is 11.2 Å². The molecule has 0 unspecified atom stereocenters. The highest BCUT2D eigenvalue weighted by molar-refractivity contribution is 5.80. The Labute approximate surface area is 107 Å². The Morgan fingerprint density at radius 2 is 2.06 bits per heavy atom. The summed E-state index contributed by atoms with van der Waals surface area (Å²) in [4.78, 5) is 21.7. The van der Waals surface area contributed by atoms with E-state index in [1.54, 1.807) is 18.0 Å². The molecule has 0 bridgehead atoms. The standard InChI is InChI=1S/C11H20N6O/c1-4-8-14-9(6-10(15-8)16-12)13-7-11(18)17(3)5-2/h6H,4-5,7,12H2,1-3H3,(H2,13,14,15,16). The molecule has 0 aliphatic heterocycles. The van der Waals surface area contributed by atoms with Crippen LogP contribution in [0.1, 0.15) is 19.7 Å². The number of nitrogens with one attached hydrogen (secondary N) is 2. The van der Waals surface area contributed by atoms with Gasteiger partial charge in [-0.1, -0.05) is 6.92 Å². The second kappa shape index (κ2) is 6.75. The normalized spacial score (nSPS) is 10.0. The van der Waals surface area contributed by atoms with E-state index in [0.717, 1.165) is 0 Å². The summed E-state index contributed by atoms with van der Waals surface area (Å²) in [5, 5.41) is 2.97. The summed E-state index contributed by atoms with van der Waals surface area (Å²) < 4.78 is 0. The number of hydrogen-bond donors (Lipinski definition) is 3. The van der Waals surface area contributed by atoms with Crippen molar-refractivity contribution in [2.75, 3.05) is 30.9 Å². The zero-order chi connectivity index (χ0) is 13.5. The highest BCUT2D eigenvalue weighted by atomic mass is 16.2. The summed E-state index contributed by atoms with van der Waals surface area (Å²) in [6, 6.07) is 1.67. The minimum atomic E-state index is 0.0106. The van der Waals surface area contributed by atoms with Crippen molar-refractivity contribution in [2.45, 2.75) is 20.3 Å². The van der Waals surface area contributed by atoms with E-state index in [9.17, 15) is 4.79 Å². The third-order valence-electron chi connectivity index (χ3n) is 2.56. The first kappa shape index (κ1) is 14.2. The third kappa shape index (κ3) is 3.85. The van der Waals surface area contributed by atoms with Crippen LogP contribution in [0, 0.1) is 0 Å². The molecule has 1 rings (SSSR count). The van der Waals surface area contributed by atoms with Gasteiger partial charge in [-0.05, 0) is 6.92 Å². The highest BCUT2D eigenvalue weighted by Gasteiger charge is 2.08. The number of nitrogens with zero attached hydrogens (tertiary/aromatic N) is 3. The zero-order valence-electron chi connectivity index (χ0n) is 11.0. The molecule has 7 nitrogen and oxygen atoms in total. The largest absolute Gasteiger partial charge is 0.361 e. The molecular weight excluding hydrogens is 232 g/mol. The van der Waals surface area contributed by atoms with Gasteiger partial charge in [0.25, 0.3) is 0 Å². The van der Waals surface area contributed by atoms with E-state index >= 15 is 0 Å². The molecule has 0 aliphatic carbocycles. The Kier molecular flexibility index (Phi) is 5.31. The predicted molar refractivity (Wildman–Crippen MR) is 71.0 cm³/mol. The van der Waals surface area contributed by atoms with Crippen molar-refractivity contribution in [1.82, 2.24) is 14.9 Å². The van der Waals surface area contributed by atoms with Crippen LogP contribution < -0.4 is 16.6 Å². The molecular formula is C11H20N6O. The van der Waals surface area contributed by atoms with E-state index in [1.165, 1.54) is 0 Å². The van der Waals surface area contributed by atoms with Gasteiger partial charge in [0.2, 0.25) is 5.91 Å². The SMILES string of the molecule is CCc1nc(NN)cc(NCC(=O)N(C)CC)n1. The molecule has 1 heterocycles. The fourth-order valence-electron chi connectivity index (χ4n) is 1.30. The molecule has 0 saturated carbocycles.